The Kier molecular flexibility index (Phi) is 5.43. The van der Waals surface area contributed by atoms with Crippen LogP contribution in [0.1, 0.15) is 17.3 Å². The Morgan fingerprint density at radius 3 is 2.54 bits per heavy atom. The molecule has 0 aliphatic carbocycles. The Labute approximate surface area is 154 Å². The lowest BCUT2D eigenvalue weighted by Gasteiger charge is -2.09. The minimum Gasteiger partial charge on any atom is -0.497 e. The first-order chi connectivity index (χ1) is 12.6. The maximum atomic E-state index is 12.4. The van der Waals surface area contributed by atoms with Crippen molar-refractivity contribution in [2.75, 3.05) is 26.3 Å². The molecule has 8 heteroatoms. The number of aromatic nitrogens is 1. The second kappa shape index (κ2) is 7.92. The number of hydrogen-bond donors (Lipinski definition) is 2. The Morgan fingerprint density at radius 1 is 1.15 bits per heavy atom. The third-order valence-electron chi connectivity index (χ3n) is 3.58. The summed E-state index contributed by atoms with van der Waals surface area (Å²) in [6.07, 6.45) is 0. The van der Waals surface area contributed by atoms with Gasteiger partial charge in [-0.3, -0.25) is 15.6 Å². The fraction of sp³-hybridized carbons (Fsp3) is 0.222. The third kappa shape index (κ3) is 3.80. The van der Waals surface area contributed by atoms with Crippen LogP contribution in [-0.2, 0) is 0 Å². The number of hydrogen-bond acceptors (Lipinski definition) is 7. The summed E-state index contributed by atoms with van der Waals surface area (Å²) in [5.74, 6) is 1.47. The molecule has 3 aromatic rings. The van der Waals surface area contributed by atoms with E-state index in [0.29, 0.717) is 28.8 Å². The third-order valence-corrected chi connectivity index (χ3v) is 4.51. The van der Waals surface area contributed by atoms with Crippen molar-refractivity contribution in [1.82, 2.24) is 10.4 Å². The van der Waals surface area contributed by atoms with Crippen molar-refractivity contribution in [2.24, 2.45) is 0 Å². The van der Waals surface area contributed by atoms with Gasteiger partial charge in [0.15, 0.2) is 0 Å². The Bertz CT molecular complexity index is 904. The van der Waals surface area contributed by atoms with E-state index in [2.05, 4.69) is 15.8 Å². The largest absolute Gasteiger partial charge is 0.497 e. The fourth-order valence-electron chi connectivity index (χ4n) is 2.37. The number of nitrogens with zero attached hydrogens (tertiary/aromatic N) is 1. The van der Waals surface area contributed by atoms with Crippen molar-refractivity contribution < 1.29 is 19.0 Å². The van der Waals surface area contributed by atoms with E-state index in [-0.39, 0.29) is 5.91 Å². The molecule has 0 aliphatic heterocycles. The lowest BCUT2D eigenvalue weighted by molar-refractivity contribution is 0.0962. The zero-order valence-electron chi connectivity index (χ0n) is 14.7. The van der Waals surface area contributed by atoms with E-state index in [0.717, 1.165) is 16.0 Å². The number of carbonyl (C=O) groups excluding carboxylic acids is 1. The van der Waals surface area contributed by atoms with Crippen LogP contribution in [0.5, 0.6) is 17.2 Å². The van der Waals surface area contributed by atoms with Gasteiger partial charge in [-0.25, -0.2) is 4.98 Å². The number of hydrazine groups is 1. The first kappa shape index (κ1) is 17.8. The van der Waals surface area contributed by atoms with Crippen LogP contribution in [-0.4, -0.2) is 31.7 Å². The average Bonchev–Trinajstić information content (AvgIpc) is 3.10. The number of para-hydroxylation sites is 1. The normalized spacial score (nSPS) is 10.4. The molecule has 0 saturated carbocycles. The Morgan fingerprint density at radius 2 is 1.88 bits per heavy atom. The number of fused-ring (bicyclic) bond motifs is 1. The molecule has 1 aromatic heterocycles. The molecule has 0 unspecified atom stereocenters. The minimum absolute atomic E-state index is 0.327. The lowest BCUT2D eigenvalue weighted by atomic mass is 10.2. The van der Waals surface area contributed by atoms with Gasteiger partial charge in [0, 0.05) is 11.6 Å². The molecular formula is C18H19N3O4S. The van der Waals surface area contributed by atoms with Gasteiger partial charge in [0.25, 0.3) is 5.91 Å². The number of methoxy groups -OCH3 is 2. The molecule has 3 rings (SSSR count). The number of ether oxygens (including phenoxy) is 3. The Hall–Kier alpha value is -3.00. The summed E-state index contributed by atoms with van der Waals surface area (Å²) in [5.41, 5.74) is 6.65. The number of amides is 1. The number of benzene rings is 2. The number of anilines is 1. The van der Waals surface area contributed by atoms with Gasteiger partial charge in [-0.05, 0) is 31.2 Å². The SMILES string of the molecule is CCOc1cccc2sc(NNC(=O)c3cc(OC)cc(OC)c3)nc12. The number of carbonyl (C=O) groups is 1. The van der Waals surface area contributed by atoms with Crippen molar-refractivity contribution in [2.45, 2.75) is 6.92 Å². The zero-order chi connectivity index (χ0) is 18.5. The quantitative estimate of drug-likeness (QED) is 0.617. The van der Waals surface area contributed by atoms with Crippen LogP contribution in [0.25, 0.3) is 10.2 Å². The Balaban J connectivity index is 1.75. The van der Waals surface area contributed by atoms with Crippen LogP contribution in [0.3, 0.4) is 0 Å². The summed E-state index contributed by atoms with van der Waals surface area (Å²) in [5, 5.41) is 0.565. The van der Waals surface area contributed by atoms with Crippen molar-refractivity contribution in [3.63, 3.8) is 0 Å². The summed E-state index contributed by atoms with van der Waals surface area (Å²) in [7, 11) is 3.07. The van der Waals surface area contributed by atoms with Crippen molar-refractivity contribution in [3.05, 3.63) is 42.0 Å². The summed E-state index contributed by atoms with van der Waals surface area (Å²) >= 11 is 1.42. The van der Waals surface area contributed by atoms with E-state index in [9.17, 15) is 4.79 Å². The van der Waals surface area contributed by atoms with Crippen LogP contribution >= 0.6 is 11.3 Å². The number of nitrogens with one attached hydrogen (secondary N) is 2. The van der Waals surface area contributed by atoms with E-state index in [1.807, 2.05) is 25.1 Å². The molecule has 2 aromatic carbocycles. The van der Waals surface area contributed by atoms with Gasteiger partial charge in [0.2, 0.25) is 5.13 Å². The zero-order valence-corrected chi connectivity index (χ0v) is 15.5. The van der Waals surface area contributed by atoms with E-state index in [4.69, 9.17) is 14.2 Å². The number of thiazole rings is 1. The molecule has 0 saturated heterocycles. The maximum absolute atomic E-state index is 12.4. The predicted molar refractivity (Wildman–Crippen MR) is 101 cm³/mol. The summed E-state index contributed by atoms with van der Waals surface area (Å²) in [6, 6.07) is 10.7. The molecule has 7 nitrogen and oxygen atoms in total. The van der Waals surface area contributed by atoms with E-state index < -0.39 is 0 Å². The molecule has 2 N–H and O–H groups in total. The highest BCUT2D eigenvalue weighted by Crippen LogP contribution is 2.32. The standard InChI is InChI=1S/C18H19N3O4S/c1-4-25-14-6-5-7-15-16(14)19-18(26-15)21-20-17(22)11-8-12(23-2)10-13(9-11)24-3/h5-10H,4H2,1-3H3,(H,19,21)(H,20,22). The second-order valence-electron chi connectivity index (χ2n) is 5.24. The highest BCUT2D eigenvalue weighted by Gasteiger charge is 2.12. The van der Waals surface area contributed by atoms with Crippen molar-refractivity contribution in [1.29, 1.82) is 0 Å². The van der Waals surface area contributed by atoms with Gasteiger partial charge in [-0.15, -0.1) is 0 Å². The van der Waals surface area contributed by atoms with E-state index >= 15 is 0 Å². The first-order valence-corrected chi connectivity index (χ1v) is 8.78. The second-order valence-corrected chi connectivity index (χ2v) is 6.27. The van der Waals surface area contributed by atoms with Crippen molar-refractivity contribution in [3.8, 4) is 17.2 Å². The van der Waals surface area contributed by atoms with Gasteiger partial charge in [-0.1, -0.05) is 17.4 Å². The van der Waals surface area contributed by atoms with Crippen LogP contribution in [0.2, 0.25) is 0 Å². The molecule has 0 fully saturated rings. The van der Waals surface area contributed by atoms with Gasteiger partial charge >= 0.3 is 0 Å². The monoisotopic (exact) mass is 373 g/mol. The van der Waals surface area contributed by atoms with Crippen LogP contribution in [0.15, 0.2) is 36.4 Å². The topological polar surface area (TPSA) is 81.7 Å². The molecule has 1 amide bonds. The van der Waals surface area contributed by atoms with Crippen LogP contribution < -0.4 is 25.1 Å². The van der Waals surface area contributed by atoms with Crippen molar-refractivity contribution >= 4 is 32.6 Å². The molecule has 26 heavy (non-hydrogen) atoms. The predicted octanol–water partition coefficient (Wildman–Crippen LogP) is 3.47. The van der Waals surface area contributed by atoms with Gasteiger partial charge < -0.3 is 14.2 Å². The molecule has 0 atom stereocenters. The van der Waals surface area contributed by atoms with Gasteiger partial charge in [0.1, 0.15) is 22.8 Å². The number of rotatable bonds is 7. The van der Waals surface area contributed by atoms with Crippen LogP contribution in [0, 0.1) is 0 Å². The van der Waals surface area contributed by atoms with Crippen LogP contribution in [0.4, 0.5) is 5.13 Å². The molecule has 1 heterocycles. The first-order valence-electron chi connectivity index (χ1n) is 7.96. The fourth-order valence-corrected chi connectivity index (χ4v) is 3.21. The minimum atomic E-state index is -0.327. The lowest BCUT2D eigenvalue weighted by Crippen LogP contribution is -2.29. The van der Waals surface area contributed by atoms with E-state index in [1.165, 1.54) is 25.6 Å². The molecule has 0 aliphatic rings. The molecule has 0 bridgehead atoms. The van der Waals surface area contributed by atoms with E-state index in [1.54, 1.807) is 18.2 Å². The molecule has 0 radical (unpaired) electrons. The molecule has 136 valence electrons. The maximum Gasteiger partial charge on any atom is 0.269 e. The molecular weight excluding hydrogens is 354 g/mol. The smallest absolute Gasteiger partial charge is 0.269 e. The summed E-state index contributed by atoms with van der Waals surface area (Å²) < 4.78 is 16.9. The average molecular weight is 373 g/mol. The van der Waals surface area contributed by atoms with Gasteiger partial charge in [0.05, 0.1) is 25.5 Å². The molecule has 0 spiro atoms. The summed E-state index contributed by atoms with van der Waals surface area (Å²) in [4.78, 5) is 16.9. The highest BCUT2D eigenvalue weighted by molar-refractivity contribution is 7.22. The van der Waals surface area contributed by atoms with Gasteiger partial charge in [-0.2, -0.15) is 0 Å². The summed E-state index contributed by atoms with van der Waals surface area (Å²) in [6.45, 7) is 2.49. The highest BCUT2D eigenvalue weighted by atomic mass is 32.1.